The molecule has 118 valence electrons. The molecule has 1 fully saturated rings. The second-order valence-corrected chi connectivity index (χ2v) is 9.02. The zero-order valence-corrected chi connectivity index (χ0v) is 13.8. The largest absolute Gasteiger partial charge is 0.470 e. The van der Waals surface area contributed by atoms with E-state index < -0.39 is 21.0 Å². The highest BCUT2D eigenvalue weighted by Crippen LogP contribution is 2.30. The average molecular weight is 313 g/mol. The van der Waals surface area contributed by atoms with Crippen molar-refractivity contribution in [2.24, 2.45) is 0 Å². The molecule has 2 rings (SSSR count). The van der Waals surface area contributed by atoms with E-state index in [1.165, 1.54) is 0 Å². The molecule has 1 unspecified atom stereocenters. The van der Waals surface area contributed by atoms with Crippen molar-refractivity contribution < 1.29 is 13.2 Å². The zero-order chi connectivity index (χ0) is 15.9. The number of rotatable bonds is 3. The Hall–Kier alpha value is -1.50. The van der Waals surface area contributed by atoms with Crippen LogP contribution in [0.2, 0.25) is 0 Å². The highest BCUT2D eigenvalue weighted by molar-refractivity contribution is 7.91. The first kappa shape index (κ1) is 15.9. The minimum atomic E-state index is -2.97. The van der Waals surface area contributed by atoms with Gasteiger partial charge >= 0.3 is 0 Å². The van der Waals surface area contributed by atoms with E-state index in [1.54, 1.807) is 12.1 Å². The second-order valence-electron chi connectivity index (χ2n) is 6.83. The van der Waals surface area contributed by atoms with Gasteiger partial charge in [0.15, 0.2) is 9.84 Å². The fraction of sp³-hybridized carbons (Fsp3) is 0.643. The summed E-state index contributed by atoms with van der Waals surface area (Å²) >= 11 is 0. The van der Waals surface area contributed by atoms with Gasteiger partial charge < -0.3 is 15.8 Å². The number of anilines is 2. The van der Waals surface area contributed by atoms with E-state index in [0.717, 1.165) is 0 Å². The fourth-order valence-corrected chi connectivity index (χ4v) is 4.40. The Morgan fingerprint density at radius 3 is 2.57 bits per heavy atom. The van der Waals surface area contributed by atoms with Gasteiger partial charge in [0.1, 0.15) is 11.4 Å². The van der Waals surface area contributed by atoms with Crippen LogP contribution in [-0.2, 0) is 9.84 Å². The predicted octanol–water partition coefficient (Wildman–Crippen LogP) is 1.83. The first-order chi connectivity index (χ1) is 9.48. The van der Waals surface area contributed by atoms with E-state index >= 15 is 0 Å². The van der Waals surface area contributed by atoms with E-state index in [2.05, 4.69) is 10.3 Å². The summed E-state index contributed by atoms with van der Waals surface area (Å²) in [5.74, 6) is 1.25. The van der Waals surface area contributed by atoms with Gasteiger partial charge in [-0.05, 0) is 46.2 Å². The fourth-order valence-electron chi connectivity index (χ4n) is 2.31. The maximum atomic E-state index is 11.6. The summed E-state index contributed by atoms with van der Waals surface area (Å²) in [6, 6.07) is 3.45. The summed E-state index contributed by atoms with van der Waals surface area (Å²) < 4.78 is 29.0. The van der Waals surface area contributed by atoms with E-state index in [4.69, 9.17) is 10.5 Å². The van der Waals surface area contributed by atoms with E-state index in [0.29, 0.717) is 23.8 Å². The number of sulfone groups is 1. The van der Waals surface area contributed by atoms with Crippen LogP contribution in [0.5, 0.6) is 5.88 Å². The van der Waals surface area contributed by atoms with Gasteiger partial charge in [0, 0.05) is 0 Å². The molecule has 1 atom stereocenters. The lowest BCUT2D eigenvalue weighted by molar-refractivity contribution is 0.125. The number of nitrogen functional groups attached to an aromatic ring is 1. The number of hydrogen-bond donors (Lipinski definition) is 2. The molecule has 0 saturated carbocycles. The van der Waals surface area contributed by atoms with E-state index in [-0.39, 0.29) is 11.5 Å². The number of nitrogens with two attached hydrogens (primary N) is 1. The van der Waals surface area contributed by atoms with E-state index in [1.807, 2.05) is 27.7 Å². The number of aromatic nitrogens is 1. The average Bonchev–Trinajstić information content (AvgIpc) is 2.56. The molecule has 0 aromatic carbocycles. The molecule has 0 aliphatic carbocycles. The highest BCUT2D eigenvalue weighted by atomic mass is 32.2. The number of ether oxygens (including phenoxy) is 1. The van der Waals surface area contributed by atoms with Gasteiger partial charge in [-0.3, -0.25) is 0 Å². The summed E-state index contributed by atoms with van der Waals surface area (Å²) in [5, 5.41) is 3.20. The van der Waals surface area contributed by atoms with Crippen LogP contribution >= 0.6 is 0 Å². The SMILES string of the molecule is CC1(Nc2ccc(N)c(OC(C)(C)C)n2)CCS(=O)(=O)C1. The Morgan fingerprint density at radius 1 is 1.38 bits per heavy atom. The molecular formula is C14H23N3O3S. The molecule has 1 aromatic heterocycles. The minimum Gasteiger partial charge on any atom is -0.470 e. The minimum absolute atomic E-state index is 0.113. The normalized spacial score (nSPS) is 24.8. The summed E-state index contributed by atoms with van der Waals surface area (Å²) in [4.78, 5) is 4.36. The van der Waals surface area contributed by atoms with Crippen LogP contribution in [0.3, 0.4) is 0 Å². The van der Waals surface area contributed by atoms with Crippen molar-refractivity contribution in [3.8, 4) is 5.88 Å². The number of pyridine rings is 1. The van der Waals surface area contributed by atoms with Crippen LogP contribution in [-0.4, -0.2) is 36.0 Å². The van der Waals surface area contributed by atoms with Crippen molar-refractivity contribution in [3.63, 3.8) is 0 Å². The van der Waals surface area contributed by atoms with E-state index in [9.17, 15) is 8.42 Å². The van der Waals surface area contributed by atoms with Crippen LogP contribution in [0, 0.1) is 0 Å². The van der Waals surface area contributed by atoms with Crippen molar-refractivity contribution in [1.29, 1.82) is 0 Å². The Morgan fingerprint density at radius 2 is 2.05 bits per heavy atom. The molecule has 0 bridgehead atoms. The molecule has 2 heterocycles. The van der Waals surface area contributed by atoms with Gasteiger partial charge in [0.2, 0.25) is 5.88 Å². The maximum absolute atomic E-state index is 11.6. The molecule has 0 amide bonds. The quantitative estimate of drug-likeness (QED) is 0.884. The third kappa shape index (κ3) is 4.23. The van der Waals surface area contributed by atoms with Crippen LogP contribution in [0.15, 0.2) is 12.1 Å². The summed E-state index contributed by atoms with van der Waals surface area (Å²) in [6.07, 6.45) is 0.566. The molecule has 6 nitrogen and oxygen atoms in total. The predicted molar refractivity (Wildman–Crippen MR) is 84.3 cm³/mol. The topological polar surface area (TPSA) is 94.3 Å². The Balaban J connectivity index is 2.20. The number of hydrogen-bond acceptors (Lipinski definition) is 6. The Labute approximate surface area is 126 Å². The third-order valence-electron chi connectivity index (χ3n) is 3.23. The molecule has 0 radical (unpaired) electrons. The van der Waals surface area contributed by atoms with Crippen LogP contribution in [0.1, 0.15) is 34.1 Å². The van der Waals surface area contributed by atoms with Gasteiger partial charge in [-0.1, -0.05) is 0 Å². The Bertz CT molecular complexity index is 637. The van der Waals surface area contributed by atoms with Gasteiger partial charge in [-0.2, -0.15) is 4.98 Å². The third-order valence-corrected chi connectivity index (χ3v) is 5.13. The molecule has 0 spiro atoms. The van der Waals surface area contributed by atoms with Gasteiger partial charge in [-0.25, -0.2) is 8.42 Å². The molecule has 1 aromatic rings. The van der Waals surface area contributed by atoms with Gasteiger partial charge in [-0.15, -0.1) is 0 Å². The molecule has 7 heteroatoms. The lowest BCUT2D eigenvalue weighted by Gasteiger charge is -2.26. The zero-order valence-electron chi connectivity index (χ0n) is 12.9. The first-order valence-corrected chi connectivity index (χ1v) is 8.74. The smallest absolute Gasteiger partial charge is 0.239 e. The Kier molecular flexibility index (Phi) is 3.82. The van der Waals surface area contributed by atoms with Crippen molar-refractivity contribution >= 4 is 21.3 Å². The molecule has 3 N–H and O–H groups in total. The van der Waals surface area contributed by atoms with Crippen LogP contribution in [0.4, 0.5) is 11.5 Å². The van der Waals surface area contributed by atoms with Crippen LogP contribution in [0.25, 0.3) is 0 Å². The monoisotopic (exact) mass is 313 g/mol. The molecule has 1 saturated heterocycles. The first-order valence-electron chi connectivity index (χ1n) is 6.92. The second kappa shape index (κ2) is 5.05. The molecule has 1 aliphatic heterocycles. The van der Waals surface area contributed by atoms with Crippen molar-refractivity contribution in [2.75, 3.05) is 22.6 Å². The van der Waals surface area contributed by atoms with Gasteiger partial charge in [0.25, 0.3) is 0 Å². The van der Waals surface area contributed by atoms with Crippen LogP contribution < -0.4 is 15.8 Å². The molecular weight excluding hydrogens is 290 g/mol. The lowest BCUT2D eigenvalue weighted by Crippen LogP contribution is -2.36. The molecule has 1 aliphatic rings. The maximum Gasteiger partial charge on any atom is 0.239 e. The summed E-state index contributed by atoms with van der Waals surface area (Å²) in [7, 11) is -2.97. The summed E-state index contributed by atoms with van der Waals surface area (Å²) in [5.41, 5.74) is 5.43. The van der Waals surface area contributed by atoms with Crippen molar-refractivity contribution in [3.05, 3.63) is 12.1 Å². The van der Waals surface area contributed by atoms with Gasteiger partial charge in [0.05, 0.1) is 22.7 Å². The van der Waals surface area contributed by atoms with Crippen molar-refractivity contribution in [2.45, 2.75) is 45.3 Å². The number of nitrogens with one attached hydrogen (secondary N) is 1. The number of nitrogens with zero attached hydrogens (tertiary/aromatic N) is 1. The lowest BCUT2D eigenvalue weighted by atomic mass is 10.0. The highest BCUT2D eigenvalue weighted by Gasteiger charge is 2.38. The van der Waals surface area contributed by atoms with Crippen molar-refractivity contribution in [1.82, 2.24) is 4.98 Å². The summed E-state index contributed by atoms with van der Waals surface area (Å²) in [6.45, 7) is 7.64. The molecule has 21 heavy (non-hydrogen) atoms. The standard InChI is InChI=1S/C14H23N3O3S/c1-13(2,3)20-12-10(15)5-6-11(16-12)17-14(4)7-8-21(18,19)9-14/h5-6H,7-9,15H2,1-4H3,(H,16,17).